The van der Waals surface area contributed by atoms with Crippen molar-refractivity contribution in [3.63, 3.8) is 0 Å². The van der Waals surface area contributed by atoms with Crippen LogP contribution in [0.5, 0.6) is 0 Å². The summed E-state index contributed by atoms with van der Waals surface area (Å²) in [6.07, 6.45) is 5.97. The highest BCUT2D eigenvalue weighted by Gasteiger charge is 2.23. The number of carbonyl (C=O) groups is 2. The minimum Gasteiger partial charge on any atom is -0.469 e. The van der Waals surface area contributed by atoms with Crippen molar-refractivity contribution in [2.75, 3.05) is 14.2 Å². The van der Waals surface area contributed by atoms with Crippen LogP contribution in [-0.4, -0.2) is 26.2 Å². The molecule has 0 aromatic carbocycles. The van der Waals surface area contributed by atoms with Crippen molar-refractivity contribution >= 4 is 11.9 Å². The summed E-state index contributed by atoms with van der Waals surface area (Å²) in [5.41, 5.74) is 0.532. The molecular weight excluding hydrogens is 232 g/mol. The van der Waals surface area contributed by atoms with Crippen molar-refractivity contribution < 1.29 is 19.1 Å². The second-order valence-electron chi connectivity index (χ2n) is 4.23. The van der Waals surface area contributed by atoms with E-state index in [0.717, 1.165) is 25.7 Å². The number of esters is 2. The molecule has 0 bridgehead atoms. The first-order valence-electron chi connectivity index (χ1n) is 6.41. The van der Waals surface area contributed by atoms with E-state index in [0.29, 0.717) is 12.0 Å². The Morgan fingerprint density at radius 2 is 1.83 bits per heavy atom. The van der Waals surface area contributed by atoms with E-state index in [1.807, 2.05) is 0 Å². The summed E-state index contributed by atoms with van der Waals surface area (Å²) >= 11 is 0. The first-order chi connectivity index (χ1) is 8.60. The van der Waals surface area contributed by atoms with Crippen LogP contribution in [0.4, 0.5) is 0 Å². The van der Waals surface area contributed by atoms with Crippen molar-refractivity contribution in [1.29, 1.82) is 0 Å². The van der Waals surface area contributed by atoms with Gasteiger partial charge in [0.1, 0.15) is 0 Å². The molecule has 0 radical (unpaired) electrons. The Kier molecular flexibility index (Phi) is 8.97. The Labute approximate surface area is 109 Å². The van der Waals surface area contributed by atoms with Gasteiger partial charge in [-0.2, -0.15) is 0 Å². The Bertz CT molecular complexity index is 294. The van der Waals surface area contributed by atoms with Crippen LogP contribution in [0.15, 0.2) is 11.6 Å². The van der Waals surface area contributed by atoms with E-state index in [-0.39, 0.29) is 17.9 Å². The maximum absolute atomic E-state index is 11.7. The van der Waals surface area contributed by atoms with Crippen LogP contribution in [0, 0.1) is 5.92 Å². The van der Waals surface area contributed by atoms with Crippen LogP contribution in [0.3, 0.4) is 0 Å². The van der Waals surface area contributed by atoms with E-state index in [1.54, 1.807) is 13.0 Å². The van der Waals surface area contributed by atoms with Gasteiger partial charge in [0, 0.05) is 5.57 Å². The van der Waals surface area contributed by atoms with Crippen molar-refractivity contribution in [2.24, 2.45) is 5.92 Å². The Hall–Kier alpha value is -1.32. The maximum atomic E-state index is 11.7. The summed E-state index contributed by atoms with van der Waals surface area (Å²) < 4.78 is 9.47. The average molecular weight is 256 g/mol. The highest BCUT2D eigenvalue weighted by molar-refractivity contribution is 5.89. The van der Waals surface area contributed by atoms with Gasteiger partial charge in [-0.1, -0.05) is 32.3 Å². The molecule has 4 heteroatoms. The number of hydrogen-bond donors (Lipinski definition) is 0. The molecule has 0 fully saturated rings. The number of ether oxygens (including phenoxy) is 2. The van der Waals surface area contributed by atoms with Gasteiger partial charge in [-0.25, -0.2) is 4.79 Å². The highest BCUT2D eigenvalue weighted by atomic mass is 16.5. The highest BCUT2D eigenvalue weighted by Crippen LogP contribution is 2.21. The van der Waals surface area contributed by atoms with E-state index in [9.17, 15) is 9.59 Å². The summed E-state index contributed by atoms with van der Waals surface area (Å²) in [5.74, 6) is -0.886. The minimum absolute atomic E-state index is 0.255. The Morgan fingerprint density at radius 1 is 1.17 bits per heavy atom. The molecule has 0 saturated carbocycles. The Balaban J connectivity index is 4.56. The molecule has 0 spiro atoms. The number of rotatable bonds is 8. The SMILES string of the molecule is C/C=C(/C[C@@H](CCCCC)C(=O)OC)C(=O)OC. The second kappa shape index (κ2) is 9.68. The lowest BCUT2D eigenvalue weighted by molar-refractivity contribution is -0.145. The zero-order valence-electron chi connectivity index (χ0n) is 11.8. The topological polar surface area (TPSA) is 52.6 Å². The second-order valence-corrected chi connectivity index (χ2v) is 4.23. The van der Waals surface area contributed by atoms with Crippen LogP contribution < -0.4 is 0 Å². The fourth-order valence-electron chi connectivity index (χ4n) is 1.83. The third-order valence-corrected chi connectivity index (χ3v) is 2.95. The molecule has 0 N–H and O–H groups in total. The van der Waals surface area contributed by atoms with Crippen molar-refractivity contribution in [3.05, 3.63) is 11.6 Å². The van der Waals surface area contributed by atoms with E-state index >= 15 is 0 Å². The largest absolute Gasteiger partial charge is 0.469 e. The van der Waals surface area contributed by atoms with Crippen LogP contribution in [-0.2, 0) is 19.1 Å². The minimum atomic E-state index is -0.373. The predicted octanol–water partition coefficient (Wildman–Crippen LogP) is 2.87. The van der Waals surface area contributed by atoms with Crippen LogP contribution >= 0.6 is 0 Å². The monoisotopic (exact) mass is 256 g/mol. The van der Waals surface area contributed by atoms with Crippen molar-refractivity contribution in [3.8, 4) is 0 Å². The van der Waals surface area contributed by atoms with E-state index in [2.05, 4.69) is 11.7 Å². The van der Waals surface area contributed by atoms with Gasteiger partial charge >= 0.3 is 11.9 Å². The predicted molar refractivity (Wildman–Crippen MR) is 70.0 cm³/mol. The van der Waals surface area contributed by atoms with Gasteiger partial charge in [0.15, 0.2) is 0 Å². The molecule has 0 aliphatic carbocycles. The molecule has 0 heterocycles. The van der Waals surface area contributed by atoms with E-state index in [4.69, 9.17) is 4.74 Å². The van der Waals surface area contributed by atoms with Gasteiger partial charge in [-0.3, -0.25) is 4.79 Å². The maximum Gasteiger partial charge on any atom is 0.333 e. The van der Waals surface area contributed by atoms with Crippen LogP contribution in [0.25, 0.3) is 0 Å². The summed E-state index contributed by atoms with van der Waals surface area (Å²) in [6, 6.07) is 0. The van der Waals surface area contributed by atoms with Gasteiger partial charge in [-0.15, -0.1) is 0 Å². The summed E-state index contributed by atoms with van der Waals surface area (Å²) in [5, 5.41) is 0. The molecule has 104 valence electrons. The standard InChI is InChI=1S/C14H24O4/c1-5-7-8-9-12(14(16)18-4)10-11(6-2)13(15)17-3/h6,12H,5,7-10H2,1-4H3/b11-6-/t12-/m1/s1. The third-order valence-electron chi connectivity index (χ3n) is 2.95. The van der Waals surface area contributed by atoms with Crippen molar-refractivity contribution in [2.45, 2.75) is 46.0 Å². The molecule has 0 aliphatic heterocycles. The number of hydrogen-bond acceptors (Lipinski definition) is 4. The van der Waals surface area contributed by atoms with Gasteiger partial charge in [0.2, 0.25) is 0 Å². The molecule has 0 aromatic heterocycles. The smallest absolute Gasteiger partial charge is 0.333 e. The first kappa shape index (κ1) is 16.7. The van der Waals surface area contributed by atoms with E-state index < -0.39 is 0 Å². The molecule has 0 aliphatic rings. The number of methoxy groups -OCH3 is 2. The zero-order valence-corrected chi connectivity index (χ0v) is 11.8. The van der Waals surface area contributed by atoms with Crippen LogP contribution in [0.1, 0.15) is 46.0 Å². The average Bonchev–Trinajstić information content (AvgIpc) is 2.41. The normalized spacial score (nSPS) is 13.0. The van der Waals surface area contributed by atoms with Gasteiger partial charge in [0.25, 0.3) is 0 Å². The molecule has 0 saturated heterocycles. The quantitative estimate of drug-likeness (QED) is 0.380. The lowest BCUT2D eigenvalue weighted by atomic mass is 9.93. The van der Waals surface area contributed by atoms with Gasteiger partial charge < -0.3 is 9.47 Å². The van der Waals surface area contributed by atoms with Crippen LogP contribution in [0.2, 0.25) is 0 Å². The van der Waals surface area contributed by atoms with Gasteiger partial charge in [0.05, 0.1) is 20.1 Å². The fourth-order valence-corrected chi connectivity index (χ4v) is 1.83. The molecule has 0 unspecified atom stereocenters. The zero-order chi connectivity index (χ0) is 14.0. The van der Waals surface area contributed by atoms with Crippen molar-refractivity contribution in [1.82, 2.24) is 0 Å². The van der Waals surface area contributed by atoms with E-state index in [1.165, 1.54) is 14.2 Å². The lowest BCUT2D eigenvalue weighted by Gasteiger charge is -2.15. The first-order valence-corrected chi connectivity index (χ1v) is 6.41. The molecule has 18 heavy (non-hydrogen) atoms. The summed E-state index contributed by atoms with van der Waals surface area (Å²) in [4.78, 5) is 23.1. The molecular formula is C14H24O4. The summed E-state index contributed by atoms with van der Waals surface area (Å²) in [6.45, 7) is 3.88. The molecule has 0 rings (SSSR count). The molecule has 0 amide bonds. The number of unbranched alkanes of at least 4 members (excludes halogenated alkanes) is 2. The fraction of sp³-hybridized carbons (Fsp3) is 0.714. The molecule has 0 aromatic rings. The number of allylic oxidation sites excluding steroid dienone is 1. The number of carbonyl (C=O) groups excluding carboxylic acids is 2. The third kappa shape index (κ3) is 5.84. The summed E-state index contributed by atoms with van der Waals surface area (Å²) in [7, 11) is 2.72. The lowest BCUT2D eigenvalue weighted by Crippen LogP contribution is -2.19. The molecule has 4 nitrogen and oxygen atoms in total. The Morgan fingerprint density at radius 3 is 2.28 bits per heavy atom. The molecule has 1 atom stereocenters. The van der Waals surface area contributed by atoms with Gasteiger partial charge in [-0.05, 0) is 19.8 Å².